The van der Waals surface area contributed by atoms with Crippen LogP contribution in [-0.4, -0.2) is 23.3 Å². The third-order valence-electron chi connectivity index (χ3n) is 0.502. The van der Waals surface area contributed by atoms with Gasteiger partial charge in [-0.2, -0.15) is 0 Å². The van der Waals surface area contributed by atoms with Crippen molar-refractivity contribution >= 4 is 12.0 Å². The molecule has 9 heavy (non-hydrogen) atoms. The first-order valence-electron chi connectivity index (χ1n) is 1.99. The average molecular weight is 133 g/mol. The van der Waals surface area contributed by atoms with Crippen LogP contribution in [0.5, 0.6) is 0 Å². The van der Waals surface area contributed by atoms with Crippen LogP contribution in [-0.2, 0) is 4.79 Å². The largest absolute Gasteiger partial charge is 0.545 e. The highest BCUT2D eigenvalue weighted by atomic mass is 16.4. The van der Waals surface area contributed by atoms with Gasteiger partial charge in [0.25, 0.3) is 0 Å². The van der Waals surface area contributed by atoms with E-state index in [9.17, 15) is 14.7 Å². The Morgan fingerprint density at radius 1 is 1.67 bits per heavy atom. The van der Waals surface area contributed by atoms with Crippen molar-refractivity contribution in [1.82, 2.24) is 5.32 Å². The molecule has 0 aromatic rings. The number of nitrogens with two attached hydrogens (primary N) is 1. The molecule has 0 aliphatic carbocycles. The molecule has 0 saturated heterocycles. The Hall–Kier alpha value is -1.30. The molecular weight excluding hydrogens is 128 g/mol. The predicted molar refractivity (Wildman–Crippen MR) is 23.7 cm³/mol. The zero-order valence-electron chi connectivity index (χ0n) is 4.33. The topological polar surface area (TPSA) is 115 Å². The standard InChI is InChI=1S/C3H6N2O4/c4-3(9)5-1(6)2(7)8/h1,6H,(H,7,8)(H3,4,5,9)/p-1/t1-/m1/s1. The normalized spacial score (nSPS) is 12.1. The molecule has 0 saturated carbocycles. The molecule has 0 aliphatic heterocycles. The number of hydrogen-bond donors (Lipinski definition) is 3. The van der Waals surface area contributed by atoms with Gasteiger partial charge in [-0.05, 0) is 0 Å². The van der Waals surface area contributed by atoms with Crippen LogP contribution in [0.4, 0.5) is 4.79 Å². The summed E-state index contributed by atoms with van der Waals surface area (Å²) < 4.78 is 0. The summed E-state index contributed by atoms with van der Waals surface area (Å²) in [6.07, 6.45) is -2.03. The first-order valence-corrected chi connectivity index (χ1v) is 1.99. The van der Waals surface area contributed by atoms with Crippen molar-refractivity contribution < 1.29 is 19.8 Å². The van der Waals surface area contributed by atoms with Gasteiger partial charge in [0, 0.05) is 0 Å². The number of aliphatic carboxylic acids is 1. The van der Waals surface area contributed by atoms with E-state index in [4.69, 9.17) is 5.11 Å². The smallest absolute Gasteiger partial charge is 0.314 e. The number of rotatable bonds is 2. The number of aliphatic hydroxyl groups is 1. The maximum Gasteiger partial charge on any atom is 0.314 e. The molecular formula is C3H5N2O4-. The van der Waals surface area contributed by atoms with E-state index >= 15 is 0 Å². The van der Waals surface area contributed by atoms with Crippen LogP contribution in [0.15, 0.2) is 0 Å². The Kier molecular flexibility index (Phi) is 2.46. The van der Waals surface area contributed by atoms with Crippen LogP contribution in [0.2, 0.25) is 0 Å². The molecule has 6 nitrogen and oxygen atoms in total. The van der Waals surface area contributed by atoms with Crippen LogP contribution >= 0.6 is 0 Å². The number of primary amides is 1. The summed E-state index contributed by atoms with van der Waals surface area (Å²) in [5.41, 5.74) is 4.43. The lowest BCUT2D eigenvalue weighted by molar-refractivity contribution is -0.315. The zero-order chi connectivity index (χ0) is 7.44. The van der Waals surface area contributed by atoms with Crippen molar-refractivity contribution in [3.63, 3.8) is 0 Å². The van der Waals surface area contributed by atoms with Gasteiger partial charge in [0.15, 0.2) is 6.23 Å². The lowest BCUT2D eigenvalue weighted by Gasteiger charge is -2.10. The maximum absolute atomic E-state index is 9.77. The second-order valence-corrected chi connectivity index (χ2v) is 1.23. The molecule has 4 N–H and O–H groups in total. The van der Waals surface area contributed by atoms with Gasteiger partial charge in [-0.3, -0.25) is 0 Å². The Balaban J connectivity index is 3.63. The lowest BCUT2D eigenvalue weighted by Crippen LogP contribution is -2.49. The summed E-state index contributed by atoms with van der Waals surface area (Å²) in [6.45, 7) is 0. The second-order valence-electron chi connectivity index (χ2n) is 1.23. The van der Waals surface area contributed by atoms with Crippen LogP contribution in [0.3, 0.4) is 0 Å². The first-order chi connectivity index (χ1) is 4.04. The minimum Gasteiger partial charge on any atom is -0.545 e. The SMILES string of the molecule is NC(=O)N[C@H](O)C(=O)[O-]. The Bertz CT molecular complexity index is 134. The van der Waals surface area contributed by atoms with E-state index in [0.717, 1.165) is 0 Å². The van der Waals surface area contributed by atoms with Gasteiger partial charge in [-0.1, -0.05) is 0 Å². The van der Waals surface area contributed by atoms with Gasteiger partial charge in [-0.25, -0.2) is 4.79 Å². The number of urea groups is 1. The van der Waals surface area contributed by atoms with E-state index < -0.39 is 18.2 Å². The van der Waals surface area contributed by atoms with Crippen LogP contribution in [0.1, 0.15) is 0 Å². The van der Waals surface area contributed by atoms with E-state index in [2.05, 4.69) is 5.73 Å². The fourth-order valence-corrected chi connectivity index (χ4v) is 0.194. The van der Waals surface area contributed by atoms with E-state index in [-0.39, 0.29) is 0 Å². The number of hydrogen-bond acceptors (Lipinski definition) is 4. The minimum absolute atomic E-state index is 1.12. The van der Waals surface area contributed by atoms with Crippen LogP contribution in [0.25, 0.3) is 0 Å². The molecule has 2 amide bonds. The van der Waals surface area contributed by atoms with Crippen molar-refractivity contribution in [3.8, 4) is 0 Å². The number of aliphatic hydroxyl groups excluding tert-OH is 1. The first kappa shape index (κ1) is 7.70. The van der Waals surface area contributed by atoms with E-state index in [1.54, 1.807) is 0 Å². The fraction of sp³-hybridized carbons (Fsp3) is 0.333. The molecule has 0 rings (SSSR count). The highest BCUT2D eigenvalue weighted by Gasteiger charge is 2.03. The number of carbonyl (C=O) groups excluding carboxylic acids is 2. The molecule has 0 bridgehead atoms. The summed E-state index contributed by atoms with van der Waals surface area (Å²) >= 11 is 0. The van der Waals surface area contributed by atoms with Gasteiger partial charge in [0.2, 0.25) is 0 Å². The molecule has 0 aromatic heterocycles. The maximum atomic E-state index is 9.77. The minimum atomic E-state index is -2.03. The van der Waals surface area contributed by atoms with E-state index in [1.807, 2.05) is 0 Å². The highest BCUT2D eigenvalue weighted by molar-refractivity contribution is 5.79. The van der Waals surface area contributed by atoms with E-state index in [0.29, 0.717) is 0 Å². The third-order valence-corrected chi connectivity index (χ3v) is 0.502. The summed E-state index contributed by atoms with van der Waals surface area (Å²) in [4.78, 5) is 19.4. The zero-order valence-corrected chi connectivity index (χ0v) is 4.33. The monoisotopic (exact) mass is 133 g/mol. The molecule has 52 valence electrons. The van der Waals surface area contributed by atoms with Crippen LogP contribution in [0, 0.1) is 0 Å². The van der Waals surface area contributed by atoms with Crippen molar-refractivity contribution in [3.05, 3.63) is 0 Å². The van der Waals surface area contributed by atoms with Gasteiger partial charge in [0.1, 0.15) is 0 Å². The number of nitrogens with one attached hydrogen (secondary N) is 1. The molecule has 0 heterocycles. The Morgan fingerprint density at radius 3 is 2.22 bits per heavy atom. The molecule has 0 aromatic carbocycles. The summed E-state index contributed by atoms with van der Waals surface area (Å²) in [6, 6.07) is -1.12. The van der Waals surface area contributed by atoms with Crippen LogP contribution < -0.4 is 16.2 Å². The van der Waals surface area contributed by atoms with Gasteiger partial charge >= 0.3 is 6.03 Å². The summed E-state index contributed by atoms with van der Waals surface area (Å²) in [5.74, 6) is -1.80. The summed E-state index contributed by atoms with van der Waals surface area (Å²) in [5, 5.41) is 19.3. The third kappa shape index (κ3) is 3.30. The molecule has 0 aliphatic rings. The number of carboxylic acids is 1. The Labute approximate surface area is 50.3 Å². The van der Waals surface area contributed by atoms with Crippen molar-refractivity contribution in [1.29, 1.82) is 0 Å². The highest BCUT2D eigenvalue weighted by Crippen LogP contribution is 1.69. The van der Waals surface area contributed by atoms with E-state index in [1.165, 1.54) is 5.32 Å². The quantitative estimate of drug-likeness (QED) is 0.342. The van der Waals surface area contributed by atoms with Crippen molar-refractivity contribution in [2.75, 3.05) is 0 Å². The Morgan fingerprint density at radius 2 is 2.11 bits per heavy atom. The number of carboxylic acid groups (broad SMARTS) is 1. The molecule has 0 radical (unpaired) electrons. The van der Waals surface area contributed by atoms with Gasteiger partial charge in [-0.15, -0.1) is 0 Å². The number of amides is 2. The average Bonchev–Trinajstić information content (AvgIpc) is 1.63. The van der Waals surface area contributed by atoms with Gasteiger partial charge < -0.3 is 26.1 Å². The molecule has 6 heteroatoms. The molecule has 1 atom stereocenters. The molecule has 0 spiro atoms. The second kappa shape index (κ2) is 2.88. The van der Waals surface area contributed by atoms with Gasteiger partial charge in [0.05, 0.1) is 5.97 Å². The van der Waals surface area contributed by atoms with Crippen molar-refractivity contribution in [2.24, 2.45) is 5.73 Å². The predicted octanol–water partition coefficient (Wildman–Crippen LogP) is -3.28. The lowest BCUT2D eigenvalue weighted by atomic mass is 10.6. The molecule has 0 fully saturated rings. The number of carbonyl (C=O) groups is 2. The fourth-order valence-electron chi connectivity index (χ4n) is 0.194. The molecule has 0 unspecified atom stereocenters. The summed E-state index contributed by atoms with van der Waals surface area (Å²) in [7, 11) is 0. The van der Waals surface area contributed by atoms with Crippen molar-refractivity contribution in [2.45, 2.75) is 6.23 Å².